The van der Waals surface area contributed by atoms with Crippen molar-refractivity contribution in [2.75, 3.05) is 13.7 Å². The molecule has 3 rings (SSSR count). The van der Waals surface area contributed by atoms with Gasteiger partial charge in [0.05, 0.1) is 7.11 Å². The molecule has 0 spiro atoms. The number of amides is 2. The number of nitrogens with zero attached hydrogens (tertiary/aromatic N) is 1. The zero-order valence-electron chi connectivity index (χ0n) is 16.3. The van der Waals surface area contributed by atoms with Gasteiger partial charge in [-0.2, -0.15) is 0 Å². The highest BCUT2D eigenvalue weighted by molar-refractivity contribution is 5.94. The van der Waals surface area contributed by atoms with Crippen molar-refractivity contribution in [3.63, 3.8) is 0 Å². The SMILES string of the molecule is COC(=O)CN(Cc1ccccc1)C(=O)C1(NC(=O)OCc2ccccc2)CC1. The molecule has 0 aliphatic heterocycles. The smallest absolute Gasteiger partial charge is 0.408 e. The van der Waals surface area contributed by atoms with E-state index in [0.29, 0.717) is 12.8 Å². The van der Waals surface area contributed by atoms with E-state index in [-0.39, 0.29) is 25.6 Å². The summed E-state index contributed by atoms with van der Waals surface area (Å²) in [6.07, 6.45) is 0.342. The molecule has 1 saturated carbocycles. The third-order valence-corrected chi connectivity index (χ3v) is 4.76. The van der Waals surface area contributed by atoms with Crippen molar-refractivity contribution in [3.05, 3.63) is 71.8 Å². The van der Waals surface area contributed by atoms with Crippen LogP contribution in [0.5, 0.6) is 0 Å². The van der Waals surface area contributed by atoms with Gasteiger partial charge in [0.1, 0.15) is 18.7 Å². The molecule has 1 aliphatic rings. The fraction of sp³-hybridized carbons (Fsp3) is 0.318. The van der Waals surface area contributed by atoms with Crippen LogP contribution in [-0.2, 0) is 32.2 Å². The van der Waals surface area contributed by atoms with Gasteiger partial charge < -0.3 is 19.7 Å². The zero-order chi connectivity index (χ0) is 20.7. The molecule has 29 heavy (non-hydrogen) atoms. The Hall–Kier alpha value is -3.35. The Kier molecular flexibility index (Phi) is 6.49. The van der Waals surface area contributed by atoms with Gasteiger partial charge in [0.15, 0.2) is 0 Å². The molecule has 1 N–H and O–H groups in total. The number of hydrogen-bond acceptors (Lipinski definition) is 5. The van der Waals surface area contributed by atoms with E-state index in [2.05, 4.69) is 5.32 Å². The largest absolute Gasteiger partial charge is 0.468 e. The van der Waals surface area contributed by atoms with Crippen LogP contribution in [0.15, 0.2) is 60.7 Å². The highest BCUT2D eigenvalue weighted by Gasteiger charge is 2.53. The molecular formula is C22H24N2O5. The first-order chi connectivity index (χ1) is 14.0. The van der Waals surface area contributed by atoms with Crippen molar-refractivity contribution in [3.8, 4) is 0 Å². The summed E-state index contributed by atoms with van der Waals surface area (Å²) < 4.78 is 9.97. The van der Waals surface area contributed by atoms with E-state index in [9.17, 15) is 14.4 Å². The Morgan fingerprint density at radius 1 is 0.966 bits per heavy atom. The topological polar surface area (TPSA) is 84.9 Å². The molecule has 0 aromatic heterocycles. The lowest BCUT2D eigenvalue weighted by molar-refractivity contribution is -0.148. The third kappa shape index (κ3) is 5.57. The quantitative estimate of drug-likeness (QED) is 0.694. The van der Waals surface area contributed by atoms with Crippen LogP contribution in [0.4, 0.5) is 4.79 Å². The highest BCUT2D eigenvalue weighted by Crippen LogP contribution is 2.37. The number of methoxy groups -OCH3 is 1. The molecule has 0 radical (unpaired) electrons. The Morgan fingerprint density at radius 3 is 2.10 bits per heavy atom. The summed E-state index contributed by atoms with van der Waals surface area (Å²) in [6.45, 7) is 0.177. The number of carbonyl (C=O) groups is 3. The van der Waals surface area contributed by atoms with Crippen LogP contribution in [0.25, 0.3) is 0 Å². The highest BCUT2D eigenvalue weighted by atomic mass is 16.5. The first kappa shape index (κ1) is 20.4. The van der Waals surface area contributed by atoms with E-state index >= 15 is 0 Å². The Labute approximate surface area is 169 Å². The van der Waals surface area contributed by atoms with Crippen LogP contribution in [0, 0.1) is 0 Å². The lowest BCUT2D eigenvalue weighted by Gasteiger charge is -2.27. The standard InChI is InChI=1S/C22H24N2O5/c1-28-19(25)15-24(14-17-8-4-2-5-9-17)20(26)22(12-13-22)23-21(27)29-16-18-10-6-3-7-11-18/h2-11H,12-16H2,1H3,(H,23,27). The van der Waals surface area contributed by atoms with Crippen molar-refractivity contribution in [1.82, 2.24) is 10.2 Å². The summed E-state index contributed by atoms with van der Waals surface area (Å²) in [4.78, 5) is 38.6. The van der Waals surface area contributed by atoms with Crippen LogP contribution < -0.4 is 5.32 Å². The van der Waals surface area contributed by atoms with E-state index in [1.807, 2.05) is 60.7 Å². The van der Waals surface area contributed by atoms with Gasteiger partial charge in [-0.3, -0.25) is 9.59 Å². The van der Waals surface area contributed by atoms with Gasteiger partial charge >= 0.3 is 12.1 Å². The Bertz CT molecular complexity index is 850. The predicted molar refractivity (Wildman–Crippen MR) is 106 cm³/mol. The second-order valence-corrected chi connectivity index (χ2v) is 6.99. The fourth-order valence-electron chi connectivity index (χ4n) is 3.00. The molecule has 2 amide bonds. The predicted octanol–water partition coefficient (Wildman–Crippen LogP) is 2.65. The van der Waals surface area contributed by atoms with Gasteiger partial charge in [-0.1, -0.05) is 60.7 Å². The number of hydrogen-bond donors (Lipinski definition) is 1. The number of rotatable bonds is 8. The monoisotopic (exact) mass is 396 g/mol. The third-order valence-electron chi connectivity index (χ3n) is 4.76. The van der Waals surface area contributed by atoms with Crippen molar-refractivity contribution in [2.24, 2.45) is 0 Å². The van der Waals surface area contributed by atoms with Crippen molar-refractivity contribution in [1.29, 1.82) is 0 Å². The van der Waals surface area contributed by atoms with Gasteiger partial charge in [0.25, 0.3) is 0 Å². The van der Waals surface area contributed by atoms with Gasteiger partial charge in [-0.25, -0.2) is 4.79 Å². The first-order valence-corrected chi connectivity index (χ1v) is 9.41. The first-order valence-electron chi connectivity index (χ1n) is 9.41. The second-order valence-electron chi connectivity index (χ2n) is 6.99. The van der Waals surface area contributed by atoms with Crippen LogP contribution in [0.2, 0.25) is 0 Å². The minimum atomic E-state index is -1.03. The molecule has 1 aliphatic carbocycles. The normalized spacial score (nSPS) is 13.8. The lowest BCUT2D eigenvalue weighted by Crippen LogP contribution is -2.51. The maximum atomic E-state index is 13.1. The van der Waals surface area contributed by atoms with Crippen LogP contribution >= 0.6 is 0 Å². The van der Waals surface area contributed by atoms with E-state index in [1.54, 1.807) is 0 Å². The zero-order valence-corrected chi connectivity index (χ0v) is 16.3. The molecule has 152 valence electrons. The molecule has 2 aromatic carbocycles. The van der Waals surface area contributed by atoms with Gasteiger partial charge in [0.2, 0.25) is 5.91 Å². The molecule has 7 nitrogen and oxygen atoms in total. The molecule has 2 aromatic rings. The Balaban J connectivity index is 1.64. The Morgan fingerprint density at radius 2 is 1.55 bits per heavy atom. The van der Waals surface area contributed by atoms with Gasteiger partial charge in [0, 0.05) is 6.54 Å². The molecule has 0 saturated heterocycles. The fourth-order valence-corrected chi connectivity index (χ4v) is 3.00. The number of carbonyl (C=O) groups excluding carboxylic acids is 3. The van der Waals surface area contributed by atoms with E-state index < -0.39 is 17.6 Å². The van der Waals surface area contributed by atoms with Gasteiger partial charge in [-0.05, 0) is 24.0 Å². The second kappa shape index (κ2) is 9.23. The summed E-state index contributed by atoms with van der Waals surface area (Å²) in [7, 11) is 1.28. The number of alkyl carbamates (subject to hydrolysis) is 1. The average molecular weight is 396 g/mol. The average Bonchev–Trinajstić information content (AvgIpc) is 3.53. The van der Waals surface area contributed by atoms with E-state index in [4.69, 9.17) is 9.47 Å². The van der Waals surface area contributed by atoms with Gasteiger partial charge in [-0.15, -0.1) is 0 Å². The van der Waals surface area contributed by atoms with Crippen LogP contribution in [0.3, 0.4) is 0 Å². The summed E-state index contributed by atoms with van der Waals surface area (Å²) in [6, 6.07) is 18.6. The number of benzene rings is 2. The molecular weight excluding hydrogens is 372 g/mol. The van der Waals surface area contributed by atoms with Crippen LogP contribution in [-0.4, -0.2) is 42.1 Å². The van der Waals surface area contributed by atoms with E-state index in [0.717, 1.165) is 11.1 Å². The summed E-state index contributed by atoms with van der Waals surface area (Å²) in [5.41, 5.74) is 0.707. The van der Waals surface area contributed by atoms with E-state index in [1.165, 1.54) is 12.0 Å². The summed E-state index contributed by atoms with van der Waals surface area (Å²) in [5, 5.41) is 2.69. The molecule has 7 heteroatoms. The lowest BCUT2D eigenvalue weighted by atomic mass is 10.1. The minimum absolute atomic E-state index is 0.118. The summed E-state index contributed by atoms with van der Waals surface area (Å²) >= 11 is 0. The number of esters is 1. The summed E-state index contributed by atoms with van der Waals surface area (Å²) in [5.74, 6) is -0.833. The molecule has 0 bridgehead atoms. The number of nitrogens with one attached hydrogen (secondary N) is 1. The maximum absolute atomic E-state index is 13.1. The van der Waals surface area contributed by atoms with Crippen molar-refractivity contribution in [2.45, 2.75) is 31.5 Å². The molecule has 1 fully saturated rings. The number of ether oxygens (including phenoxy) is 2. The molecule has 0 atom stereocenters. The molecule has 0 unspecified atom stereocenters. The van der Waals surface area contributed by atoms with Crippen LogP contribution in [0.1, 0.15) is 24.0 Å². The van der Waals surface area contributed by atoms with Crippen molar-refractivity contribution >= 4 is 18.0 Å². The minimum Gasteiger partial charge on any atom is -0.468 e. The van der Waals surface area contributed by atoms with Crippen molar-refractivity contribution < 1.29 is 23.9 Å². The molecule has 0 heterocycles. The maximum Gasteiger partial charge on any atom is 0.408 e.